The summed E-state index contributed by atoms with van der Waals surface area (Å²) in [6.07, 6.45) is 6.67. The maximum Gasteiger partial charge on any atom is 0.222 e. The number of hydrogen-bond acceptors (Lipinski definition) is 2. The summed E-state index contributed by atoms with van der Waals surface area (Å²) in [7, 11) is 0. The van der Waals surface area contributed by atoms with Gasteiger partial charge in [0.2, 0.25) is 5.91 Å². The average molecular weight is 456 g/mol. The summed E-state index contributed by atoms with van der Waals surface area (Å²) in [4.78, 5) is 20.5. The summed E-state index contributed by atoms with van der Waals surface area (Å²) in [5, 5.41) is 0. The largest absolute Gasteiger partial charge is 0.370 e. The molecule has 1 aromatic rings. The molecule has 6 heteroatoms. The van der Waals surface area contributed by atoms with Crippen LogP contribution in [0.4, 0.5) is 0 Å². The molecular formula is C19H29IN4O. The molecule has 138 valence electrons. The van der Waals surface area contributed by atoms with Gasteiger partial charge in [0.25, 0.3) is 0 Å². The van der Waals surface area contributed by atoms with Crippen molar-refractivity contribution in [2.45, 2.75) is 51.6 Å². The van der Waals surface area contributed by atoms with Crippen LogP contribution in [0.3, 0.4) is 0 Å². The van der Waals surface area contributed by atoms with E-state index < -0.39 is 0 Å². The van der Waals surface area contributed by atoms with Crippen LogP contribution in [0.1, 0.15) is 49.7 Å². The van der Waals surface area contributed by atoms with Crippen molar-refractivity contribution in [3.8, 4) is 0 Å². The molecule has 2 N–H and O–H groups in total. The van der Waals surface area contributed by atoms with Gasteiger partial charge in [-0.15, -0.1) is 24.0 Å². The number of nitrogens with two attached hydrogens (primary N) is 1. The third-order valence-corrected chi connectivity index (χ3v) is 4.89. The van der Waals surface area contributed by atoms with Gasteiger partial charge in [-0.05, 0) is 30.4 Å². The van der Waals surface area contributed by atoms with Gasteiger partial charge < -0.3 is 15.5 Å². The first-order valence-corrected chi connectivity index (χ1v) is 9.13. The van der Waals surface area contributed by atoms with E-state index in [0.717, 1.165) is 31.6 Å². The van der Waals surface area contributed by atoms with Crippen LogP contribution < -0.4 is 5.73 Å². The first-order valence-electron chi connectivity index (χ1n) is 9.13. The minimum atomic E-state index is 0. The van der Waals surface area contributed by atoms with Gasteiger partial charge >= 0.3 is 0 Å². The summed E-state index contributed by atoms with van der Waals surface area (Å²) in [6.45, 7) is 4.23. The van der Waals surface area contributed by atoms with Gasteiger partial charge in [-0.25, -0.2) is 4.99 Å². The molecule has 0 bridgehead atoms. The van der Waals surface area contributed by atoms with Gasteiger partial charge in [-0.1, -0.05) is 37.1 Å². The minimum absolute atomic E-state index is 0. The molecule has 2 saturated heterocycles. The van der Waals surface area contributed by atoms with E-state index in [1.54, 1.807) is 0 Å². The number of aliphatic imine (C=N–C) groups is 1. The summed E-state index contributed by atoms with van der Waals surface area (Å²) in [6, 6.07) is 8.35. The maximum atomic E-state index is 11.8. The van der Waals surface area contributed by atoms with Gasteiger partial charge in [-0.3, -0.25) is 4.79 Å². The molecule has 0 spiro atoms. The van der Waals surface area contributed by atoms with Gasteiger partial charge in [-0.2, -0.15) is 0 Å². The van der Waals surface area contributed by atoms with Crippen molar-refractivity contribution in [3.05, 3.63) is 35.4 Å². The van der Waals surface area contributed by atoms with E-state index in [1.807, 2.05) is 11.0 Å². The smallest absolute Gasteiger partial charge is 0.222 e. The molecule has 3 rings (SSSR count). The fourth-order valence-electron chi connectivity index (χ4n) is 3.49. The molecule has 1 amide bonds. The number of guanidine groups is 1. The van der Waals surface area contributed by atoms with Gasteiger partial charge in [0.1, 0.15) is 0 Å². The Kier molecular flexibility index (Phi) is 7.99. The molecule has 1 aromatic carbocycles. The SMILES string of the molecule is I.NC(=NCc1cccc(CN2CCCC2=O)c1)N1CCCCCC1. The summed E-state index contributed by atoms with van der Waals surface area (Å²) < 4.78 is 0. The lowest BCUT2D eigenvalue weighted by molar-refractivity contribution is -0.128. The van der Waals surface area contributed by atoms with Crippen molar-refractivity contribution in [2.75, 3.05) is 19.6 Å². The Bertz CT molecular complexity index is 597. The minimum Gasteiger partial charge on any atom is -0.370 e. The third-order valence-electron chi connectivity index (χ3n) is 4.89. The quantitative estimate of drug-likeness (QED) is 0.430. The molecule has 5 nitrogen and oxygen atoms in total. The maximum absolute atomic E-state index is 11.8. The zero-order chi connectivity index (χ0) is 16.8. The average Bonchev–Trinajstić information content (AvgIpc) is 2.84. The molecule has 0 radical (unpaired) electrons. The Labute approximate surface area is 167 Å². The number of carbonyl (C=O) groups is 1. The second-order valence-electron chi connectivity index (χ2n) is 6.81. The summed E-state index contributed by atoms with van der Waals surface area (Å²) >= 11 is 0. The van der Waals surface area contributed by atoms with Crippen LogP contribution in [-0.4, -0.2) is 41.3 Å². The lowest BCUT2D eigenvalue weighted by Gasteiger charge is -2.21. The Morgan fingerprint density at radius 2 is 1.76 bits per heavy atom. The molecule has 25 heavy (non-hydrogen) atoms. The van der Waals surface area contributed by atoms with E-state index in [9.17, 15) is 4.79 Å². The highest BCUT2D eigenvalue weighted by Gasteiger charge is 2.19. The highest BCUT2D eigenvalue weighted by atomic mass is 127. The second-order valence-corrected chi connectivity index (χ2v) is 6.81. The standard InChI is InChI=1S/C19H28N4O.HI/c20-19(22-10-3-1-2-4-11-22)21-14-16-7-5-8-17(13-16)15-23-12-6-9-18(23)24;/h5,7-8,13H,1-4,6,9-12,14-15H2,(H2,20,21);1H. The van der Waals surface area contributed by atoms with Crippen LogP contribution in [0.25, 0.3) is 0 Å². The number of benzene rings is 1. The molecule has 2 aliphatic heterocycles. The van der Waals surface area contributed by atoms with Crippen LogP contribution in [0.5, 0.6) is 0 Å². The second kappa shape index (κ2) is 9.99. The Hall–Kier alpha value is -1.31. The molecular weight excluding hydrogens is 427 g/mol. The van der Waals surface area contributed by atoms with Gasteiger partial charge in [0.05, 0.1) is 6.54 Å². The molecule has 0 aromatic heterocycles. The molecule has 0 aliphatic carbocycles. The predicted octanol–water partition coefficient (Wildman–Crippen LogP) is 3.12. The van der Waals surface area contributed by atoms with Crippen LogP contribution in [0.15, 0.2) is 29.3 Å². The number of likely N-dealkylation sites (tertiary alicyclic amines) is 2. The molecule has 0 saturated carbocycles. The van der Waals surface area contributed by atoms with Crippen molar-refractivity contribution < 1.29 is 4.79 Å². The van der Waals surface area contributed by atoms with Crippen molar-refractivity contribution in [1.29, 1.82) is 0 Å². The summed E-state index contributed by atoms with van der Waals surface area (Å²) in [5.41, 5.74) is 8.50. The van der Waals surface area contributed by atoms with E-state index in [1.165, 1.54) is 31.2 Å². The number of carbonyl (C=O) groups excluding carboxylic acids is 1. The zero-order valence-electron chi connectivity index (χ0n) is 14.8. The Morgan fingerprint density at radius 1 is 1.04 bits per heavy atom. The molecule has 2 fully saturated rings. The number of nitrogens with zero attached hydrogens (tertiary/aromatic N) is 3. The summed E-state index contributed by atoms with van der Waals surface area (Å²) in [5.74, 6) is 0.931. The monoisotopic (exact) mass is 456 g/mol. The van der Waals surface area contributed by atoms with E-state index in [4.69, 9.17) is 5.73 Å². The molecule has 0 unspecified atom stereocenters. The highest BCUT2D eigenvalue weighted by molar-refractivity contribution is 14.0. The van der Waals surface area contributed by atoms with Crippen molar-refractivity contribution in [3.63, 3.8) is 0 Å². The first kappa shape index (κ1) is 20.0. The number of amides is 1. The van der Waals surface area contributed by atoms with Gasteiger partial charge in [0, 0.05) is 32.6 Å². The van der Waals surface area contributed by atoms with E-state index in [2.05, 4.69) is 28.1 Å². The first-order chi connectivity index (χ1) is 11.7. The van der Waals surface area contributed by atoms with Gasteiger partial charge in [0.15, 0.2) is 5.96 Å². The predicted molar refractivity (Wildman–Crippen MR) is 112 cm³/mol. The fourth-order valence-corrected chi connectivity index (χ4v) is 3.49. The highest BCUT2D eigenvalue weighted by Crippen LogP contribution is 2.16. The van der Waals surface area contributed by atoms with Crippen molar-refractivity contribution in [2.24, 2.45) is 10.7 Å². The lowest BCUT2D eigenvalue weighted by atomic mass is 10.1. The Morgan fingerprint density at radius 3 is 2.44 bits per heavy atom. The van der Waals surface area contributed by atoms with Crippen molar-refractivity contribution in [1.82, 2.24) is 9.80 Å². The van der Waals surface area contributed by atoms with E-state index in [-0.39, 0.29) is 29.9 Å². The topological polar surface area (TPSA) is 61.9 Å². The van der Waals surface area contributed by atoms with E-state index in [0.29, 0.717) is 25.5 Å². The van der Waals surface area contributed by atoms with E-state index >= 15 is 0 Å². The normalized spacial score (nSPS) is 18.9. The van der Waals surface area contributed by atoms with Crippen molar-refractivity contribution >= 4 is 35.8 Å². The van der Waals surface area contributed by atoms with Crippen LogP contribution >= 0.6 is 24.0 Å². The third kappa shape index (κ3) is 5.87. The zero-order valence-corrected chi connectivity index (χ0v) is 17.2. The molecule has 2 heterocycles. The van der Waals surface area contributed by atoms with Crippen LogP contribution in [0.2, 0.25) is 0 Å². The number of halogens is 1. The van der Waals surface area contributed by atoms with Crippen LogP contribution in [-0.2, 0) is 17.9 Å². The number of rotatable bonds is 4. The fraction of sp³-hybridized carbons (Fsp3) is 0.579. The Balaban J connectivity index is 0.00000225. The van der Waals surface area contributed by atoms with Crippen LogP contribution in [0, 0.1) is 0 Å². The number of hydrogen-bond donors (Lipinski definition) is 1. The lowest BCUT2D eigenvalue weighted by Crippen LogP contribution is -2.38. The molecule has 0 atom stereocenters. The molecule has 2 aliphatic rings.